The Morgan fingerprint density at radius 2 is 2.31 bits per heavy atom. The molecule has 0 aromatic heterocycles. The SMILES string of the molecule is CNC1C(=O)N(CCO)c2cc(Cl)ccc21. The van der Waals surface area contributed by atoms with Gasteiger partial charge in [0.2, 0.25) is 5.91 Å². The van der Waals surface area contributed by atoms with Gasteiger partial charge in [-0.3, -0.25) is 4.79 Å². The summed E-state index contributed by atoms with van der Waals surface area (Å²) in [5.41, 5.74) is 1.69. The Labute approximate surface area is 98.8 Å². The van der Waals surface area contributed by atoms with Crippen LogP contribution in [0.3, 0.4) is 0 Å². The number of halogens is 1. The fraction of sp³-hybridized carbons (Fsp3) is 0.364. The van der Waals surface area contributed by atoms with Crippen LogP contribution in [0.25, 0.3) is 0 Å². The molecule has 0 bridgehead atoms. The lowest BCUT2D eigenvalue weighted by Crippen LogP contribution is -2.35. The average molecular weight is 241 g/mol. The molecule has 1 aromatic carbocycles. The maximum absolute atomic E-state index is 12.0. The number of likely N-dealkylation sites (N-methyl/N-ethyl adjacent to an activating group) is 1. The largest absolute Gasteiger partial charge is 0.395 e. The van der Waals surface area contributed by atoms with Crippen molar-refractivity contribution in [1.29, 1.82) is 0 Å². The molecular formula is C11H13ClN2O2. The van der Waals surface area contributed by atoms with Crippen LogP contribution in [-0.4, -0.2) is 31.2 Å². The Morgan fingerprint density at radius 3 is 2.94 bits per heavy atom. The van der Waals surface area contributed by atoms with E-state index in [1.807, 2.05) is 6.07 Å². The first-order valence-corrected chi connectivity index (χ1v) is 5.45. The number of fused-ring (bicyclic) bond motifs is 1. The third kappa shape index (κ3) is 1.69. The molecule has 1 amide bonds. The summed E-state index contributed by atoms with van der Waals surface area (Å²) in [6.07, 6.45) is 0. The number of anilines is 1. The highest BCUT2D eigenvalue weighted by Crippen LogP contribution is 2.37. The Balaban J connectivity index is 2.46. The lowest BCUT2D eigenvalue weighted by Gasteiger charge is -2.16. The molecule has 2 N–H and O–H groups in total. The molecule has 2 rings (SSSR count). The smallest absolute Gasteiger partial charge is 0.248 e. The first kappa shape index (κ1) is 11.4. The summed E-state index contributed by atoms with van der Waals surface area (Å²) in [5.74, 6) is -0.0474. The normalized spacial score (nSPS) is 19.1. The van der Waals surface area contributed by atoms with Crippen LogP contribution in [0.2, 0.25) is 5.02 Å². The number of nitrogens with one attached hydrogen (secondary N) is 1. The minimum Gasteiger partial charge on any atom is -0.395 e. The van der Waals surface area contributed by atoms with Crippen LogP contribution < -0.4 is 10.2 Å². The summed E-state index contributed by atoms with van der Waals surface area (Å²) in [6.45, 7) is 0.235. The van der Waals surface area contributed by atoms with E-state index in [4.69, 9.17) is 16.7 Å². The van der Waals surface area contributed by atoms with Gasteiger partial charge in [-0.25, -0.2) is 0 Å². The number of hydrogen-bond donors (Lipinski definition) is 2. The van der Waals surface area contributed by atoms with Gasteiger partial charge in [-0.15, -0.1) is 0 Å². The molecule has 1 aliphatic rings. The van der Waals surface area contributed by atoms with Gasteiger partial charge in [-0.1, -0.05) is 17.7 Å². The van der Waals surface area contributed by atoms with Crippen molar-refractivity contribution < 1.29 is 9.90 Å². The molecule has 0 spiro atoms. The van der Waals surface area contributed by atoms with Crippen molar-refractivity contribution in [2.45, 2.75) is 6.04 Å². The van der Waals surface area contributed by atoms with E-state index in [0.29, 0.717) is 11.6 Å². The van der Waals surface area contributed by atoms with E-state index in [1.54, 1.807) is 24.1 Å². The van der Waals surface area contributed by atoms with E-state index in [1.165, 1.54) is 0 Å². The highest BCUT2D eigenvalue weighted by molar-refractivity contribution is 6.31. The van der Waals surface area contributed by atoms with Gasteiger partial charge in [0.1, 0.15) is 6.04 Å². The molecule has 5 heteroatoms. The van der Waals surface area contributed by atoms with Gasteiger partial charge in [0.15, 0.2) is 0 Å². The third-order valence-corrected chi connectivity index (χ3v) is 2.95. The number of aliphatic hydroxyl groups excluding tert-OH is 1. The maximum atomic E-state index is 12.0. The summed E-state index contributed by atoms with van der Waals surface area (Å²) in [6, 6.07) is 5.02. The van der Waals surface area contributed by atoms with E-state index < -0.39 is 0 Å². The molecule has 0 saturated heterocycles. The zero-order chi connectivity index (χ0) is 11.7. The zero-order valence-corrected chi connectivity index (χ0v) is 9.66. The molecule has 1 atom stereocenters. The monoisotopic (exact) mass is 240 g/mol. The van der Waals surface area contributed by atoms with Crippen LogP contribution in [0.5, 0.6) is 0 Å². The van der Waals surface area contributed by atoms with Crippen molar-refractivity contribution in [1.82, 2.24) is 5.32 Å². The zero-order valence-electron chi connectivity index (χ0n) is 8.90. The minimum atomic E-state index is -0.334. The van der Waals surface area contributed by atoms with Crippen LogP contribution >= 0.6 is 11.6 Å². The topological polar surface area (TPSA) is 52.6 Å². The van der Waals surface area contributed by atoms with Crippen LogP contribution in [0.15, 0.2) is 18.2 Å². The number of carbonyl (C=O) groups is 1. The number of β-amino-alcohol motifs (C(OH)–C–C–N with tert-alkyl or cyclic N) is 1. The van der Waals surface area contributed by atoms with Crippen molar-refractivity contribution in [3.05, 3.63) is 28.8 Å². The first-order chi connectivity index (χ1) is 7.69. The predicted octanol–water partition coefficient (Wildman–Crippen LogP) is 0.939. The fourth-order valence-electron chi connectivity index (χ4n) is 2.01. The van der Waals surface area contributed by atoms with Gasteiger partial charge >= 0.3 is 0 Å². The predicted molar refractivity (Wildman–Crippen MR) is 62.7 cm³/mol. The molecule has 0 radical (unpaired) electrons. The van der Waals surface area contributed by atoms with E-state index in [9.17, 15) is 4.79 Å². The first-order valence-electron chi connectivity index (χ1n) is 5.08. The van der Waals surface area contributed by atoms with Gasteiger partial charge in [-0.2, -0.15) is 0 Å². The summed E-state index contributed by atoms with van der Waals surface area (Å²) in [7, 11) is 1.74. The number of nitrogens with zero attached hydrogens (tertiary/aromatic N) is 1. The summed E-state index contributed by atoms with van der Waals surface area (Å²) >= 11 is 5.91. The Morgan fingerprint density at radius 1 is 1.56 bits per heavy atom. The Kier molecular flexibility index (Phi) is 3.14. The van der Waals surface area contributed by atoms with Gasteiger partial charge in [0.25, 0.3) is 0 Å². The second-order valence-electron chi connectivity index (χ2n) is 3.64. The van der Waals surface area contributed by atoms with E-state index in [-0.39, 0.29) is 18.6 Å². The Bertz CT molecular complexity index is 422. The molecule has 0 fully saturated rings. The van der Waals surface area contributed by atoms with E-state index >= 15 is 0 Å². The van der Waals surface area contributed by atoms with Crippen LogP contribution in [0.1, 0.15) is 11.6 Å². The molecule has 0 saturated carbocycles. The van der Waals surface area contributed by atoms with Crippen LogP contribution in [0.4, 0.5) is 5.69 Å². The van der Waals surface area contributed by atoms with Crippen LogP contribution in [0, 0.1) is 0 Å². The second-order valence-corrected chi connectivity index (χ2v) is 4.07. The molecule has 1 heterocycles. The van der Waals surface area contributed by atoms with Crippen LogP contribution in [-0.2, 0) is 4.79 Å². The van der Waals surface area contributed by atoms with Crippen molar-refractivity contribution in [3.8, 4) is 0 Å². The second kappa shape index (κ2) is 4.41. The van der Waals surface area contributed by atoms with Crippen molar-refractivity contribution >= 4 is 23.2 Å². The lowest BCUT2D eigenvalue weighted by atomic mass is 10.1. The minimum absolute atomic E-state index is 0.0474. The number of aliphatic hydroxyl groups is 1. The van der Waals surface area contributed by atoms with Gasteiger partial charge in [-0.05, 0) is 19.2 Å². The number of rotatable bonds is 3. The molecule has 0 aliphatic carbocycles. The van der Waals surface area contributed by atoms with E-state index in [0.717, 1.165) is 11.3 Å². The summed E-state index contributed by atoms with van der Waals surface area (Å²) in [5, 5.41) is 12.5. The summed E-state index contributed by atoms with van der Waals surface area (Å²) in [4.78, 5) is 13.6. The van der Waals surface area contributed by atoms with Gasteiger partial charge < -0.3 is 15.3 Å². The number of hydrogen-bond acceptors (Lipinski definition) is 3. The number of benzene rings is 1. The highest BCUT2D eigenvalue weighted by Gasteiger charge is 2.35. The third-order valence-electron chi connectivity index (χ3n) is 2.72. The fourth-order valence-corrected chi connectivity index (χ4v) is 2.18. The van der Waals surface area contributed by atoms with Gasteiger partial charge in [0.05, 0.1) is 12.3 Å². The van der Waals surface area contributed by atoms with Gasteiger partial charge in [0, 0.05) is 17.1 Å². The lowest BCUT2D eigenvalue weighted by molar-refractivity contribution is -0.120. The maximum Gasteiger partial charge on any atom is 0.248 e. The quantitative estimate of drug-likeness (QED) is 0.827. The van der Waals surface area contributed by atoms with Crippen molar-refractivity contribution in [3.63, 3.8) is 0 Å². The molecule has 16 heavy (non-hydrogen) atoms. The van der Waals surface area contributed by atoms with Crippen molar-refractivity contribution in [2.75, 3.05) is 25.1 Å². The molecule has 1 unspecified atom stereocenters. The standard InChI is InChI=1S/C11H13ClN2O2/c1-13-10-8-3-2-7(12)6-9(8)14(4-5-15)11(10)16/h2-3,6,10,13,15H,4-5H2,1H3. The number of amides is 1. The Hall–Kier alpha value is -1.10. The average Bonchev–Trinajstić information content (AvgIpc) is 2.52. The number of carbonyl (C=O) groups excluding carboxylic acids is 1. The summed E-state index contributed by atoms with van der Waals surface area (Å²) < 4.78 is 0. The molecule has 86 valence electrons. The van der Waals surface area contributed by atoms with Crippen molar-refractivity contribution in [2.24, 2.45) is 0 Å². The highest BCUT2D eigenvalue weighted by atomic mass is 35.5. The molecule has 1 aliphatic heterocycles. The molecular weight excluding hydrogens is 228 g/mol. The molecule has 1 aromatic rings. The molecule has 4 nitrogen and oxygen atoms in total. The van der Waals surface area contributed by atoms with E-state index in [2.05, 4.69) is 5.32 Å².